The molecular formula is C4H2CuO4. The van der Waals surface area contributed by atoms with E-state index in [0.717, 1.165) is 0 Å². The number of carbonyl (C=O) groups is 2. The van der Waals surface area contributed by atoms with Crippen LogP contribution in [-0.2, 0) is 26.7 Å². The van der Waals surface area contributed by atoms with Crippen molar-refractivity contribution in [2.24, 2.45) is 0 Å². The van der Waals surface area contributed by atoms with Crippen molar-refractivity contribution in [2.45, 2.75) is 0 Å². The summed E-state index contributed by atoms with van der Waals surface area (Å²) in [7, 11) is 0. The Morgan fingerprint density at radius 2 is 1.22 bits per heavy atom. The van der Waals surface area contributed by atoms with Crippen molar-refractivity contribution < 1.29 is 36.9 Å². The van der Waals surface area contributed by atoms with Gasteiger partial charge in [-0.05, 0) is 12.2 Å². The smallest absolute Gasteiger partial charge is 0.545 e. The molecule has 0 aliphatic heterocycles. The van der Waals surface area contributed by atoms with Crippen LogP contribution in [0.2, 0.25) is 0 Å². The Morgan fingerprint density at radius 3 is 1.33 bits per heavy atom. The zero-order chi connectivity index (χ0) is 6.57. The Morgan fingerprint density at radius 1 is 1.00 bits per heavy atom. The number of carboxylic acids is 2. The monoisotopic (exact) mass is 177 g/mol. The van der Waals surface area contributed by atoms with Crippen molar-refractivity contribution in [2.75, 3.05) is 0 Å². The van der Waals surface area contributed by atoms with Crippen LogP contribution in [-0.4, -0.2) is 11.9 Å². The molecule has 0 rings (SSSR count). The first kappa shape index (κ1) is 11.1. The van der Waals surface area contributed by atoms with Gasteiger partial charge in [0.05, 0.1) is 11.9 Å². The Balaban J connectivity index is 0. The first-order valence-electron chi connectivity index (χ1n) is 1.73. The van der Waals surface area contributed by atoms with Crippen LogP contribution in [0.1, 0.15) is 0 Å². The van der Waals surface area contributed by atoms with E-state index in [2.05, 4.69) is 0 Å². The minimum atomic E-state index is -1.55. The van der Waals surface area contributed by atoms with Gasteiger partial charge in [-0.15, -0.1) is 0 Å². The topological polar surface area (TPSA) is 80.3 Å². The van der Waals surface area contributed by atoms with Gasteiger partial charge in [-0.25, -0.2) is 0 Å². The standard InChI is InChI=1S/C4H4O4.Cu/c5-3(6)1-2-4(7)8;/h1-2H,(H,5,6)(H,7,8);/q;+2/p-2/b2-1+;. The van der Waals surface area contributed by atoms with Gasteiger partial charge in [0.2, 0.25) is 0 Å². The van der Waals surface area contributed by atoms with Gasteiger partial charge in [-0.3, -0.25) is 0 Å². The van der Waals surface area contributed by atoms with E-state index in [9.17, 15) is 19.8 Å². The fourth-order valence-electron chi connectivity index (χ4n) is 0.136. The third-order valence-electron chi connectivity index (χ3n) is 0.355. The molecule has 0 aromatic rings. The molecule has 0 aliphatic rings. The van der Waals surface area contributed by atoms with Gasteiger partial charge in [0.15, 0.2) is 0 Å². The van der Waals surface area contributed by atoms with E-state index < -0.39 is 11.9 Å². The Labute approximate surface area is 61.7 Å². The first-order valence-corrected chi connectivity index (χ1v) is 1.73. The van der Waals surface area contributed by atoms with Crippen LogP contribution in [0.25, 0.3) is 0 Å². The van der Waals surface area contributed by atoms with Gasteiger partial charge < -0.3 is 19.8 Å². The molecule has 0 unspecified atom stereocenters. The first-order chi connectivity index (χ1) is 3.63. The molecule has 0 heterocycles. The maximum absolute atomic E-state index is 9.41. The molecule has 0 fully saturated rings. The number of carbonyl (C=O) groups excluding carboxylic acids is 2. The number of hydrogen-bond acceptors (Lipinski definition) is 4. The molecule has 1 radical (unpaired) electrons. The molecule has 0 amide bonds. The van der Waals surface area contributed by atoms with E-state index in [0.29, 0.717) is 12.2 Å². The van der Waals surface area contributed by atoms with Crippen molar-refractivity contribution in [3.63, 3.8) is 0 Å². The number of aliphatic carboxylic acids is 2. The Kier molecular flexibility index (Phi) is 6.56. The molecule has 0 saturated carbocycles. The molecule has 5 heteroatoms. The molecule has 53 valence electrons. The summed E-state index contributed by atoms with van der Waals surface area (Å²) in [6, 6.07) is 0. The van der Waals surface area contributed by atoms with E-state index in [-0.39, 0.29) is 17.1 Å². The maximum Gasteiger partial charge on any atom is 2.00 e. The van der Waals surface area contributed by atoms with Gasteiger partial charge in [-0.2, -0.15) is 0 Å². The second-order valence-corrected chi connectivity index (χ2v) is 0.971. The summed E-state index contributed by atoms with van der Waals surface area (Å²) in [5.74, 6) is -3.09. The van der Waals surface area contributed by atoms with Crippen LogP contribution in [0, 0.1) is 0 Å². The average Bonchev–Trinajstić information content (AvgIpc) is 1.61. The normalized spacial score (nSPS) is 8.44. The van der Waals surface area contributed by atoms with Gasteiger partial charge in [0.25, 0.3) is 0 Å². The van der Waals surface area contributed by atoms with Gasteiger partial charge in [0.1, 0.15) is 0 Å². The molecule has 0 aromatic heterocycles. The SMILES string of the molecule is O=C([O-])/C=C/C(=O)[O-].[Cu+2]. The molecule has 0 bridgehead atoms. The van der Waals surface area contributed by atoms with Crippen molar-refractivity contribution >= 4 is 11.9 Å². The zero-order valence-corrected chi connectivity index (χ0v) is 5.03. The van der Waals surface area contributed by atoms with Gasteiger partial charge >= 0.3 is 17.1 Å². The second kappa shape index (κ2) is 5.34. The summed E-state index contributed by atoms with van der Waals surface area (Å²) in [4.78, 5) is 18.8. The van der Waals surface area contributed by atoms with Crippen LogP contribution < -0.4 is 10.2 Å². The number of hydrogen-bond donors (Lipinski definition) is 0. The minimum absolute atomic E-state index is 0. The summed E-state index contributed by atoms with van der Waals surface area (Å²) in [5, 5.41) is 18.8. The van der Waals surface area contributed by atoms with Crippen LogP contribution in [0.4, 0.5) is 0 Å². The third-order valence-corrected chi connectivity index (χ3v) is 0.355. The Bertz CT molecular complexity index is 124. The number of carboxylic acid groups (broad SMARTS) is 2. The summed E-state index contributed by atoms with van der Waals surface area (Å²) in [6.07, 6.45) is 0.769. The van der Waals surface area contributed by atoms with E-state index in [1.807, 2.05) is 0 Å². The summed E-state index contributed by atoms with van der Waals surface area (Å²) in [5.41, 5.74) is 0. The molecule has 0 spiro atoms. The Hall–Kier alpha value is -0.801. The maximum atomic E-state index is 9.41. The van der Waals surface area contributed by atoms with Crippen molar-refractivity contribution in [1.82, 2.24) is 0 Å². The fraction of sp³-hybridized carbons (Fsp3) is 0. The van der Waals surface area contributed by atoms with E-state index in [1.54, 1.807) is 0 Å². The third kappa shape index (κ3) is 11.0. The van der Waals surface area contributed by atoms with Crippen molar-refractivity contribution in [3.8, 4) is 0 Å². The van der Waals surface area contributed by atoms with Gasteiger partial charge in [0, 0.05) is 0 Å². The zero-order valence-electron chi connectivity index (χ0n) is 4.09. The summed E-state index contributed by atoms with van der Waals surface area (Å²) >= 11 is 0. The predicted octanol–water partition coefficient (Wildman–Crippen LogP) is -2.96. The minimum Gasteiger partial charge on any atom is -0.545 e. The molecule has 0 aliphatic carbocycles. The molecule has 0 aromatic carbocycles. The van der Waals surface area contributed by atoms with Crippen LogP contribution in [0.3, 0.4) is 0 Å². The van der Waals surface area contributed by atoms with E-state index in [4.69, 9.17) is 0 Å². The molecule has 0 saturated heterocycles. The molecule has 0 N–H and O–H groups in total. The van der Waals surface area contributed by atoms with Crippen LogP contribution in [0.15, 0.2) is 12.2 Å². The van der Waals surface area contributed by atoms with E-state index in [1.165, 1.54) is 0 Å². The van der Waals surface area contributed by atoms with Gasteiger partial charge in [-0.1, -0.05) is 0 Å². The number of rotatable bonds is 2. The summed E-state index contributed by atoms with van der Waals surface area (Å²) in [6.45, 7) is 0. The molecular weight excluding hydrogens is 176 g/mol. The molecule has 4 nitrogen and oxygen atoms in total. The van der Waals surface area contributed by atoms with Crippen LogP contribution >= 0.6 is 0 Å². The van der Waals surface area contributed by atoms with Crippen LogP contribution in [0.5, 0.6) is 0 Å². The van der Waals surface area contributed by atoms with Crippen molar-refractivity contribution in [3.05, 3.63) is 12.2 Å². The van der Waals surface area contributed by atoms with E-state index >= 15 is 0 Å². The predicted molar refractivity (Wildman–Crippen MR) is 19.2 cm³/mol. The second-order valence-electron chi connectivity index (χ2n) is 0.971. The molecule has 0 atom stereocenters. The largest absolute Gasteiger partial charge is 2.00 e. The summed E-state index contributed by atoms with van der Waals surface area (Å²) < 4.78 is 0. The average molecular weight is 178 g/mol. The fourth-order valence-corrected chi connectivity index (χ4v) is 0.136. The molecule has 9 heavy (non-hydrogen) atoms. The van der Waals surface area contributed by atoms with Crippen molar-refractivity contribution in [1.29, 1.82) is 0 Å². The quantitative estimate of drug-likeness (QED) is 0.334.